The molecule has 0 spiro atoms. The SMILES string of the molecule is COc1ccc(-c2noc(CNC(C)(C)CC(C)(C)C)n2)cc1. The van der Waals surface area contributed by atoms with Crippen molar-refractivity contribution < 1.29 is 9.26 Å². The highest BCUT2D eigenvalue weighted by molar-refractivity contribution is 5.55. The number of hydrogen-bond acceptors (Lipinski definition) is 5. The van der Waals surface area contributed by atoms with Gasteiger partial charge in [0.05, 0.1) is 13.7 Å². The van der Waals surface area contributed by atoms with Crippen LogP contribution in [0.3, 0.4) is 0 Å². The van der Waals surface area contributed by atoms with Crippen LogP contribution >= 0.6 is 0 Å². The van der Waals surface area contributed by atoms with Crippen LogP contribution in [-0.4, -0.2) is 22.8 Å². The van der Waals surface area contributed by atoms with E-state index >= 15 is 0 Å². The molecule has 1 aromatic carbocycles. The van der Waals surface area contributed by atoms with Crippen LogP contribution < -0.4 is 10.1 Å². The third-order valence-electron chi connectivity index (χ3n) is 3.51. The molecular weight excluding hydrogens is 290 g/mol. The van der Waals surface area contributed by atoms with E-state index in [-0.39, 0.29) is 11.0 Å². The Morgan fingerprint density at radius 2 is 1.74 bits per heavy atom. The highest BCUT2D eigenvalue weighted by atomic mass is 16.5. The first kappa shape index (κ1) is 17.5. The zero-order valence-electron chi connectivity index (χ0n) is 14.9. The van der Waals surface area contributed by atoms with Gasteiger partial charge in [0, 0.05) is 11.1 Å². The van der Waals surface area contributed by atoms with E-state index in [1.807, 2.05) is 24.3 Å². The lowest BCUT2D eigenvalue weighted by Gasteiger charge is -2.33. The van der Waals surface area contributed by atoms with Crippen molar-refractivity contribution in [3.8, 4) is 17.1 Å². The fourth-order valence-electron chi connectivity index (χ4n) is 2.89. The van der Waals surface area contributed by atoms with Gasteiger partial charge in [-0.15, -0.1) is 0 Å². The summed E-state index contributed by atoms with van der Waals surface area (Å²) in [5.41, 5.74) is 1.18. The van der Waals surface area contributed by atoms with Gasteiger partial charge in [0.2, 0.25) is 11.7 Å². The van der Waals surface area contributed by atoms with E-state index in [4.69, 9.17) is 9.26 Å². The molecule has 0 amide bonds. The van der Waals surface area contributed by atoms with Gasteiger partial charge in [0.15, 0.2) is 0 Å². The molecule has 5 heteroatoms. The number of nitrogens with one attached hydrogen (secondary N) is 1. The van der Waals surface area contributed by atoms with Gasteiger partial charge in [-0.1, -0.05) is 25.9 Å². The molecule has 126 valence electrons. The largest absolute Gasteiger partial charge is 0.497 e. The molecule has 23 heavy (non-hydrogen) atoms. The minimum absolute atomic E-state index is 0.00694. The Kier molecular flexibility index (Phi) is 5.09. The Bertz CT molecular complexity index is 624. The summed E-state index contributed by atoms with van der Waals surface area (Å²) in [4.78, 5) is 4.45. The number of aromatic nitrogens is 2. The highest BCUT2D eigenvalue weighted by Gasteiger charge is 2.25. The topological polar surface area (TPSA) is 60.2 Å². The number of ether oxygens (including phenoxy) is 1. The highest BCUT2D eigenvalue weighted by Crippen LogP contribution is 2.27. The zero-order chi connectivity index (χ0) is 17.1. The Hall–Kier alpha value is -1.88. The second-order valence-electron chi connectivity index (χ2n) is 7.72. The number of rotatable bonds is 6. The van der Waals surface area contributed by atoms with Gasteiger partial charge in [0.25, 0.3) is 0 Å². The molecule has 0 radical (unpaired) electrons. The maximum atomic E-state index is 5.35. The number of methoxy groups -OCH3 is 1. The van der Waals surface area contributed by atoms with E-state index in [1.54, 1.807) is 7.11 Å². The Morgan fingerprint density at radius 1 is 1.09 bits per heavy atom. The lowest BCUT2D eigenvalue weighted by atomic mass is 9.82. The van der Waals surface area contributed by atoms with Gasteiger partial charge in [-0.25, -0.2) is 0 Å². The first-order valence-electron chi connectivity index (χ1n) is 7.91. The van der Waals surface area contributed by atoms with Crippen molar-refractivity contribution in [3.63, 3.8) is 0 Å². The molecule has 0 bridgehead atoms. The summed E-state index contributed by atoms with van der Waals surface area (Å²) in [5.74, 6) is 2.00. The first-order chi connectivity index (χ1) is 10.7. The van der Waals surface area contributed by atoms with E-state index in [0.29, 0.717) is 18.3 Å². The Morgan fingerprint density at radius 3 is 2.30 bits per heavy atom. The van der Waals surface area contributed by atoms with Crippen molar-refractivity contribution in [3.05, 3.63) is 30.2 Å². The molecule has 2 rings (SSSR count). The van der Waals surface area contributed by atoms with E-state index in [1.165, 1.54) is 0 Å². The van der Waals surface area contributed by atoms with Crippen LogP contribution in [0, 0.1) is 5.41 Å². The van der Waals surface area contributed by atoms with Crippen molar-refractivity contribution in [2.24, 2.45) is 5.41 Å². The fraction of sp³-hybridized carbons (Fsp3) is 0.556. The maximum Gasteiger partial charge on any atom is 0.240 e. The summed E-state index contributed by atoms with van der Waals surface area (Å²) in [7, 11) is 1.65. The van der Waals surface area contributed by atoms with Gasteiger partial charge in [-0.3, -0.25) is 0 Å². The molecule has 1 heterocycles. The quantitative estimate of drug-likeness (QED) is 0.871. The van der Waals surface area contributed by atoms with Crippen LogP contribution in [0.25, 0.3) is 11.4 Å². The van der Waals surface area contributed by atoms with Crippen LogP contribution in [0.5, 0.6) is 5.75 Å². The predicted molar refractivity (Wildman–Crippen MR) is 91.3 cm³/mol. The van der Waals surface area contributed by atoms with Gasteiger partial charge < -0.3 is 14.6 Å². The molecule has 0 aliphatic carbocycles. The average Bonchev–Trinajstić information content (AvgIpc) is 2.92. The molecule has 0 atom stereocenters. The number of hydrogen-bond donors (Lipinski definition) is 1. The molecule has 5 nitrogen and oxygen atoms in total. The molecule has 0 aliphatic rings. The summed E-state index contributed by atoms with van der Waals surface area (Å²) in [6, 6.07) is 7.61. The molecule has 1 aromatic heterocycles. The number of nitrogens with zero attached hydrogens (tertiary/aromatic N) is 2. The average molecular weight is 317 g/mol. The third kappa shape index (κ3) is 5.36. The lowest BCUT2D eigenvalue weighted by Crippen LogP contribution is -2.41. The monoisotopic (exact) mass is 317 g/mol. The van der Waals surface area contributed by atoms with Gasteiger partial charge in [-0.2, -0.15) is 4.98 Å². The van der Waals surface area contributed by atoms with Crippen LogP contribution in [0.15, 0.2) is 28.8 Å². The molecular formula is C18H27N3O2. The standard InChI is InChI=1S/C18H27N3O2/c1-17(2,3)12-18(4,5)19-11-15-20-16(21-23-15)13-7-9-14(22-6)10-8-13/h7-10,19H,11-12H2,1-6H3. The predicted octanol–water partition coefficient (Wildman–Crippen LogP) is 4.05. The van der Waals surface area contributed by atoms with E-state index in [9.17, 15) is 0 Å². The van der Waals surface area contributed by atoms with E-state index in [0.717, 1.165) is 17.7 Å². The van der Waals surface area contributed by atoms with Crippen molar-refractivity contribution in [2.45, 2.75) is 53.1 Å². The molecule has 1 N–H and O–H groups in total. The van der Waals surface area contributed by atoms with Crippen molar-refractivity contribution >= 4 is 0 Å². The third-order valence-corrected chi connectivity index (χ3v) is 3.51. The summed E-state index contributed by atoms with van der Waals surface area (Å²) >= 11 is 0. The van der Waals surface area contributed by atoms with Crippen LogP contribution in [0.4, 0.5) is 0 Å². The van der Waals surface area contributed by atoms with Crippen LogP contribution in [0.2, 0.25) is 0 Å². The minimum Gasteiger partial charge on any atom is -0.497 e. The normalized spacial score (nSPS) is 12.4. The van der Waals surface area contributed by atoms with Gasteiger partial charge in [-0.05, 0) is 49.9 Å². The summed E-state index contributed by atoms with van der Waals surface area (Å²) in [6.45, 7) is 11.7. The number of benzene rings is 1. The summed E-state index contributed by atoms with van der Waals surface area (Å²) in [5, 5.41) is 7.55. The second kappa shape index (κ2) is 6.71. The Balaban J connectivity index is 1.99. The maximum absolute atomic E-state index is 5.35. The lowest BCUT2D eigenvalue weighted by molar-refractivity contribution is 0.230. The second-order valence-corrected chi connectivity index (χ2v) is 7.72. The molecule has 0 unspecified atom stereocenters. The Labute approximate surface area is 138 Å². The fourth-order valence-corrected chi connectivity index (χ4v) is 2.89. The summed E-state index contributed by atoms with van der Waals surface area (Å²) in [6.07, 6.45) is 1.06. The molecule has 0 saturated carbocycles. The van der Waals surface area contributed by atoms with Crippen LogP contribution in [0.1, 0.15) is 46.9 Å². The molecule has 2 aromatic rings. The van der Waals surface area contributed by atoms with Crippen molar-refractivity contribution in [1.29, 1.82) is 0 Å². The van der Waals surface area contributed by atoms with Crippen molar-refractivity contribution in [1.82, 2.24) is 15.5 Å². The van der Waals surface area contributed by atoms with Crippen molar-refractivity contribution in [2.75, 3.05) is 7.11 Å². The molecule has 0 aliphatic heterocycles. The smallest absolute Gasteiger partial charge is 0.240 e. The van der Waals surface area contributed by atoms with E-state index < -0.39 is 0 Å². The zero-order valence-corrected chi connectivity index (χ0v) is 14.9. The summed E-state index contributed by atoms with van der Waals surface area (Å²) < 4.78 is 10.5. The van der Waals surface area contributed by atoms with E-state index in [2.05, 4.69) is 50.1 Å². The van der Waals surface area contributed by atoms with Gasteiger partial charge >= 0.3 is 0 Å². The molecule has 0 fully saturated rings. The first-order valence-corrected chi connectivity index (χ1v) is 7.91. The van der Waals surface area contributed by atoms with Gasteiger partial charge in [0.1, 0.15) is 5.75 Å². The minimum atomic E-state index is 0.00694. The molecule has 0 saturated heterocycles. The van der Waals surface area contributed by atoms with Crippen LogP contribution in [-0.2, 0) is 6.54 Å².